The normalized spacial score (nSPS) is 14.7. The summed E-state index contributed by atoms with van der Waals surface area (Å²) in [6, 6.07) is 10.3. The summed E-state index contributed by atoms with van der Waals surface area (Å²) in [7, 11) is 0. The minimum absolute atomic E-state index is 0.0396. The first-order valence-electron chi connectivity index (χ1n) is 6.12. The Morgan fingerprint density at radius 2 is 1.81 bits per heavy atom. The average Bonchev–Trinajstić information content (AvgIpc) is 2.35. The molecule has 0 N–H and O–H groups in total. The summed E-state index contributed by atoms with van der Waals surface area (Å²) in [5, 5.41) is 0. The van der Waals surface area contributed by atoms with Gasteiger partial charge in [-0.3, -0.25) is 0 Å². The fraction of sp³-hybridized carbons (Fsp3) is 0.571. The van der Waals surface area contributed by atoms with E-state index in [0.29, 0.717) is 12.5 Å². The van der Waals surface area contributed by atoms with E-state index in [1.54, 1.807) is 0 Å². The highest BCUT2D eigenvalue weighted by molar-refractivity contribution is 5.17. The van der Waals surface area contributed by atoms with Gasteiger partial charge >= 0.3 is 0 Å². The Kier molecular flexibility index (Phi) is 6.12. The molecule has 0 fully saturated rings. The molecule has 16 heavy (non-hydrogen) atoms. The van der Waals surface area contributed by atoms with Crippen LogP contribution in [0.1, 0.15) is 45.3 Å². The van der Waals surface area contributed by atoms with Crippen LogP contribution in [0.2, 0.25) is 0 Å². The fourth-order valence-electron chi connectivity index (χ4n) is 1.54. The van der Waals surface area contributed by atoms with Crippen molar-refractivity contribution >= 4 is 0 Å². The van der Waals surface area contributed by atoms with Gasteiger partial charge in [0.2, 0.25) is 0 Å². The molecule has 0 aliphatic carbocycles. The molecular weight excluding hydrogens is 200 g/mol. The summed E-state index contributed by atoms with van der Waals surface area (Å²) in [6.07, 6.45) is 2.09. The van der Waals surface area contributed by atoms with Crippen LogP contribution in [0.5, 0.6) is 0 Å². The lowest BCUT2D eigenvalue weighted by Crippen LogP contribution is -2.14. The topological polar surface area (TPSA) is 18.5 Å². The molecule has 1 rings (SSSR count). The number of hydrogen-bond donors (Lipinski definition) is 0. The van der Waals surface area contributed by atoms with E-state index < -0.39 is 0 Å². The maximum absolute atomic E-state index is 5.52. The van der Waals surface area contributed by atoms with Crippen molar-refractivity contribution < 1.29 is 9.78 Å². The van der Waals surface area contributed by atoms with Gasteiger partial charge in [-0.15, -0.1) is 0 Å². The van der Waals surface area contributed by atoms with Crippen LogP contribution in [-0.2, 0) is 9.78 Å². The molecule has 0 aromatic heterocycles. The molecule has 0 saturated heterocycles. The molecule has 2 atom stereocenters. The van der Waals surface area contributed by atoms with Crippen molar-refractivity contribution in [3.05, 3.63) is 35.9 Å². The molecule has 1 aromatic rings. The van der Waals surface area contributed by atoms with Gasteiger partial charge in [0, 0.05) is 0 Å². The summed E-state index contributed by atoms with van der Waals surface area (Å²) in [5.41, 5.74) is 1.19. The van der Waals surface area contributed by atoms with Crippen LogP contribution in [0.15, 0.2) is 30.3 Å². The molecule has 0 heterocycles. The quantitative estimate of drug-likeness (QED) is 0.392. The first-order chi connectivity index (χ1) is 7.79. The van der Waals surface area contributed by atoms with Crippen molar-refractivity contribution in [1.82, 2.24) is 0 Å². The summed E-state index contributed by atoms with van der Waals surface area (Å²) in [4.78, 5) is 10.7. The van der Waals surface area contributed by atoms with Crippen molar-refractivity contribution in [3.8, 4) is 0 Å². The highest BCUT2D eigenvalue weighted by atomic mass is 17.2. The predicted molar refractivity (Wildman–Crippen MR) is 66.0 cm³/mol. The van der Waals surface area contributed by atoms with Crippen LogP contribution >= 0.6 is 0 Å². The maximum atomic E-state index is 5.52. The van der Waals surface area contributed by atoms with Gasteiger partial charge in [0.1, 0.15) is 6.10 Å². The minimum atomic E-state index is 0.0396. The highest BCUT2D eigenvalue weighted by Crippen LogP contribution is 2.28. The number of hydrogen-bond acceptors (Lipinski definition) is 2. The van der Waals surface area contributed by atoms with Crippen LogP contribution in [0, 0.1) is 5.92 Å². The third-order valence-electron chi connectivity index (χ3n) is 2.75. The average molecular weight is 222 g/mol. The first kappa shape index (κ1) is 13.2. The van der Waals surface area contributed by atoms with Gasteiger partial charge in [-0.05, 0) is 17.9 Å². The molecule has 0 amide bonds. The molecule has 2 heteroatoms. The zero-order chi connectivity index (χ0) is 11.8. The van der Waals surface area contributed by atoms with Gasteiger partial charge in [0.05, 0.1) is 6.61 Å². The van der Waals surface area contributed by atoms with Crippen molar-refractivity contribution in [2.75, 3.05) is 6.61 Å². The van der Waals surface area contributed by atoms with Crippen LogP contribution < -0.4 is 0 Å². The molecule has 0 aliphatic rings. The lowest BCUT2D eigenvalue weighted by molar-refractivity contribution is -0.336. The van der Waals surface area contributed by atoms with E-state index in [2.05, 4.69) is 32.9 Å². The Bertz CT molecular complexity index is 271. The standard InChI is InChI=1S/C14H22O2/c1-4-11-15-16-14(12(3)5-2)13-9-7-6-8-10-13/h6-10,12,14H,4-5,11H2,1-3H3. The van der Waals surface area contributed by atoms with Crippen molar-refractivity contribution in [3.63, 3.8) is 0 Å². The molecule has 2 nitrogen and oxygen atoms in total. The van der Waals surface area contributed by atoms with Crippen LogP contribution in [0.3, 0.4) is 0 Å². The summed E-state index contributed by atoms with van der Waals surface area (Å²) < 4.78 is 0. The van der Waals surface area contributed by atoms with Crippen LogP contribution in [0.4, 0.5) is 0 Å². The molecular formula is C14H22O2. The van der Waals surface area contributed by atoms with Gasteiger partial charge < -0.3 is 0 Å². The summed E-state index contributed by atoms with van der Waals surface area (Å²) in [6.45, 7) is 7.08. The summed E-state index contributed by atoms with van der Waals surface area (Å²) in [5.74, 6) is 0.458. The van der Waals surface area contributed by atoms with E-state index in [1.807, 2.05) is 18.2 Å². The third kappa shape index (κ3) is 3.95. The molecule has 0 spiro atoms. The van der Waals surface area contributed by atoms with Gasteiger partial charge in [0.15, 0.2) is 0 Å². The second-order valence-electron chi connectivity index (χ2n) is 4.14. The number of benzene rings is 1. The molecule has 2 unspecified atom stereocenters. The monoisotopic (exact) mass is 222 g/mol. The van der Waals surface area contributed by atoms with Crippen molar-refractivity contribution in [2.45, 2.75) is 39.7 Å². The van der Waals surface area contributed by atoms with E-state index in [1.165, 1.54) is 5.56 Å². The highest BCUT2D eigenvalue weighted by Gasteiger charge is 2.19. The molecule has 0 aliphatic heterocycles. The van der Waals surface area contributed by atoms with E-state index in [4.69, 9.17) is 9.78 Å². The first-order valence-corrected chi connectivity index (χ1v) is 6.12. The molecule has 0 radical (unpaired) electrons. The zero-order valence-electron chi connectivity index (χ0n) is 10.5. The Hall–Kier alpha value is -0.860. The van der Waals surface area contributed by atoms with Crippen molar-refractivity contribution in [1.29, 1.82) is 0 Å². The van der Waals surface area contributed by atoms with Crippen LogP contribution in [0.25, 0.3) is 0 Å². The lowest BCUT2D eigenvalue weighted by Gasteiger charge is -2.22. The minimum Gasteiger partial charge on any atom is -0.236 e. The second kappa shape index (κ2) is 7.42. The third-order valence-corrected chi connectivity index (χ3v) is 2.75. The Labute approximate surface area is 98.5 Å². The van der Waals surface area contributed by atoms with Gasteiger partial charge in [-0.25, -0.2) is 9.78 Å². The summed E-state index contributed by atoms with van der Waals surface area (Å²) >= 11 is 0. The Morgan fingerprint density at radius 3 is 2.38 bits per heavy atom. The van der Waals surface area contributed by atoms with Gasteiger partial charge in [0.25, 0.3) is 0 Å². The molecule has 0 bridgehead atoms. The Balaban J connectivity index is 2.64. The van der Waals surface area contributed by atoms with Gasteiger partial charge in [-0.2, -0.15) is 0 Å². The SMILES string of the molecule is CCCOOC(c1ccccc1)C(C)CC. The van der Waals surface area contributed by atoms with Crippen LogP contribution in [-0.4, -0.2) is 6.61 Å². The Morgan fingerprint density at radius 1 is 1.12 bits per heavy atom. The number of rotatable bonds is 7. The largest absolute Gasteiger partial charge is 0.236 e. The predicted octanol–water partition coefficient (Wildman–Crippen LogP) is 4.13. The molecule has 1 aromatic carbocycles. The van der Waals surface area contributed by atoms with Gasteiger partial charge in [-0.1, -0.05) is 57.5 Å². The van der Waals surface area contributed by atoms with E-state index in [9.17, 15) is 0 Å². The maximum Gasteiger partial charge on any atom is 0.120 e. The fourth-order valence-corrected chi connectivity index (χ4v) is 1.54. The zero-order valence-corrected chi connectivity index (χ0v) is 10.5. The smallest absolute Gasteiger partial charge is 0.120 e. The van der Waals surface area contributed by atoms with E-state index in [-0.39, 0.29) is 6.10 Å². The van der Waals surface area contributed by atoms with Crippen molar-refractivity contribution in [2.24, 2.45) is 5.92 Å². The van der Waals surface area contributed by atoms with E-state index in [0.717, 1.165) is 12.8 Å². The van der Waals surface area contributed by atoms with E-state index >= 15 is 0 Å². The molecule has 0 saturated carbocycles. The second-order valence-corrected chi connectivity index (χ2v) is 4.14. The lowest BCUT2D eigenvalue weighted by atomic mass is 9.95. The molecule has 90 valence electrons.